The third-order valence-corrected chi connectivity index (χ3v) is 6.08. The maximum absolute atomic E-state index is 13.2. The zero-order valence-corrected chi connectivity index (χ0v) is 21.0. The molecule has 9 heteroatoms. The third kappa shape index (κ3) is 7.07. The number of aromatic nitrogens is 1. The van der Waals surface area contributed by atoms with Gasteiger partial charge in [-0.15, -0.1) is 0 Å². The average Bonchev–Trinajstić information content (AvgIpc) is 2.87. The SMILES string of the molecule is CC(C)c1ccccc1-c1ccccc1Cn1cccc(C(=O)N[C@@H](CCCNC(=N)N)C(=O)O)c1=O. The van der Waals surface area contributed by atoms with E-state index in [9.17, 15) is 19.5 Å². The van der Waals surface area contributed by atoms with Crippen molar-refractivity contribution in [3.05, 3.63) is 93.9 Å². The molecule has 0 spiro atoms. The summed E-state index contributed by atoms with van der Waals surface area (Å²) in [7, 11) is 0. The third-order valence-electron chi connectivity index (χ3n) is 6.08. The predicted molar refractivity (Wildman–Crippen MR) is 144 cm³/mol. The Morgan fingerprint density at radius 3 is 2.38 bits per heavy atom. The maximum Gasteiger partial charge on any atom is 0.326 e. The van der Waals surface area contributed by atoms with Crippen LogP contribution >= 0.6 is 0 Å². The number of pyridine rings is 1. The van der Waals surface area contributed by atoms with Crippen LogP contribution in [0.3, 0.4) is 0 Å². The Kier molecular flexibility index (Phi) is 9.21. The van der Waals surface area contributed by atoms with Crippen LogP contribution in [0.15, 0.2) is 71.7 Å². The van der Waals surface area contributed by atoms with Gasteiger partial charge in [0.05, 0.1) is 6.54 Å². The molecule has 0 fully saturated rings. The Balaban J connectivity index is 1.84. The Morgan fingerprint density at radius 2 is 1.70 bits per heavy atom. The summed E-state index contributed by atoms with van der Waals surface area (Å²) < 4.78 is 1.46. The lowest BCUT2D eigenvalue weighted by atomic mass is 9.90. The first-order valence-corrected chi connectivity index (χ1v) is 12.2. The summed E-state index contributed by atoms with van der Waals surface area (Å²) in [4.78, 5) is 37.8. The summed E-state index contributed by atoms with van der Waals surface area (Å²) in [5.74, 6) is -1.84. The average molecular weight is 504 g/mol. The molecule has 1 amide bonds. The van der Waals surface area contributed by atoms with Crippen molar-refractivity contribution >= 4 is 17.8 Å². The number of carbonyl (C=O) groups excluding carboxylic acids is 1. The lowest BCUT2D eigenvalue weighted by Crippen LogP contribution is -2.43. The number of rotatable bonds is 11. The smallest absolute Gasteiger partial charge is 0.326 e. The molecule has 2 aromatic carbocycles. The number of carboxylic acid groups (broad SMARTS) is 1. The van der Waals surface area contributed by atoms with Crippen LogP contribution in [0, 0.1) is 5.41 Å². The molecule has 3 rings (SSSR count). The molecular formula is C28H33N5O4. The van der Waals surface area contributed by atoms with Crippen LogP contribution in [-0.2, 0) is 11.3 Å². The summed E-state index contributed by atoms with van der Waals surface area (Å²) in [6.07, 6.45) is 2.10. The van der Waals surface area contributed by atoms with Crippen molar-refractivity contribution in [2.45, 2.75) is 45.2 Å². The quantitative estimate of drug-likeness (QED) is 0.154. The first kappa shape index (κ1) is 27.2. The lowest BCUT2D eigenvalue weighted by Gasteiger charge is -2.17. The van der Waals surface area contributed by atoms with E-state index in [2.05, 4.69) is 36.6 Å². The number of amides is 1. The fourth-order valence-corrected chi connectivity index (χ4v) is 4.21. The number of carboxylic acids is 1. The van der Waals surface area contributed by atoms with Crippen LogP contribution in [0.2, 0.25) is 0 Å². The lowest BCUT2D eigenvalue weighted by molar-refractivity contribution is -0.139. The first-order valence-electron chi connectivity index (χ1n) is 12.2. The fourth-order valence-electron chi connectivity index (χ4n) is 4.21. The minimum atomic E-state index is -1.20. The van der Waals surface area contributed by atoms with Crippen molar-refractivity contribution in [1.29, 1.82) is 5.41 Å². The summed E-state index contributed by atoms with van der Waals surface area (Å²) in [6, 6.07) is 17.8. The van der Waals surface area contributed by atoms with Gasteiger partial charge >= 0.3 is 5.97 Å². The number of aliphatic carboxylic acids is 1. The normalized spacial score (nSPS) is 11.6. The maximum atomic E-state index is 13.2. The molecule has 37 heavy (non-hydrogen) atoms. The molecular weight excluding hydrogens is 470 g/mol. The van der Waals surface area contributed by atoms with E-state index in [1.54, 1.807) is 12.3 Å². The van der Waals surface area contributed by atoms with Crippen LogP contribution < -0.4 is 21.9 Å². The topological polar surface area (TPSA) is 150 Å². The molecule has 0 aliphatic rings. The van der Waals surface area contributed by atoms with E-state index in [1.165, 1.54) is 16.2 Å². The highest BCUT2D eigenvalue weighted by Gasteiger charge is 2.22. The van der Waals surface area contributed by atoms with E-state index in [4.69, 9.17) is 11.1 Å². The van der Waals surface area contributed by atoms with Crippen molar-refractivity contribution in [2.75, 3.05) is 6.54 Å². The van der Waals surface area contributed by atoms with Gasteiger partial charge in [0.15, 0.2) is 5.96 Å². The van der Waals surface area contributed by atoms with Gasteiger partial charge in [0.2, 0.25) is 0 Å². The van der Waals surface area contributed by atoms with Crippen LogP contribution in [0.25, 0.3) is 11.1 Å². The van der Waals surface area contributed by atoms with Gasteiger partial charge in [-0.2, -0.15) is 0 Å². The standard InChI is InChI=1S/C28H33N5O4/c1-18(2)20-10-5-6-12-22(20)21-11-4-3-9-19(21)17-33-16-8-13-23(26(33)35)25(34)32-24(27(36)37)14-7-15-31-28(29)30/h3-6,8-13,16,18,24H,7,14-15,17H2,1-2H3,(H,32,34)(H,36,37)(H4,29,30,31)/t24-/m0/s1. The van der Waals surface area contributed by atoms with Crippen molar-refractivity contribution in [1.82, 2.24) is 15.2 Å². The largest absolute Gasteiger partial charge is 0.480 e. The highest BCUT2D eigenvalue weighted by atomic mass is 16.4. The van der Waals surface area contributed by atoms with Crippen LogP contribution in [0.4, 0.5) is 0 Å². The molecule has 0 aliphatic carbocycles. The van der Waals surface area contributed by atoms with Gasteiger partial charge < -0.3 is 26.0 Å². The number of hydrogen-bond acceptors (Lipinski definition) is 4. The number of benzene rings is 2. The van der Waals surface area contributed by atoms with E-state index >= 15 is 0 Å². The minimum Gasteiger partial charge on any atom is -0.480 e. The second-order valence-electron chi connectivity index (χ2n) is 9.10. The highest BCUT2D eigenvalue weighted by molar-refractivity contribution is 5.96. The van der Waals surface area contributed by atoms with E-state index < -0.39 is 23.5 Å². The second kappa shape index (κ2) is 12.5. The van der Waals surface area contributed by atoms with Gasteiger partial charge in [0.25, 0.3) is 11.5 Å². The Hall–Kier alpha value is -4.40. The van der Waals surface area contributed by atoms with Gasteiger partial charge in [-0.1, -0.05) is 62.4 Å². The molecule has 3 aromatic rings. The van der Waals surface area contributed by atoms with Gasteiger partial charge in [-0.3, -0.25) is 15.0 Å². The van der Waals surface area contributed by atoms with E-state index in [0.717, 1.165) is 16.7 Å². The molecule has 1 aromatic heterocycles. The summed E-state index contributed by atoms with van der Waals surface area (Å²) in [6.45, 7) is 4.82. The predicted octanol–water partition coefficient (Wildman–Crippen LogP) is 3.13. The molecule has 6 N–H and O–H groups in total. The second-order valence-corrected chi connectivity index (χ2v) is 9.10. The zero-order chi connectivity index (χ0) is 26.9. The van der Waals surface area contributed by atoms with Crippen molar-refractivity contribution in [3.8, 4) is 11.1 Å². The molecule has 1 atom stereocenters. The molecule has 0 radical (unpaired) electrons. The van der Waals surface area contributed by atoms with E-state index in [1.807, 2.05) is 36.4 Å². The number of guanidine groups is 1. The van der Waals surface area contributed by atoms with Crippen LogP contribution in [0.5, 0.6) is 0 Å². The minimum absolute atomic E-state index is 0.116. The molecule has 0 aliphatic heterocycles. The number of carbonyl (C=O) groups is 2. The Morgan fingerprint density at radius 1 is 1.03 bits per heavy atom. The summed E-state index contributed by atoms with van der Waals surface area (Å²) >= 11 is 0. The van der Waals surface area contributed by atoms with E-state index in [0.29, 0.717) is 18.9 Å². The van der Waals surface area contributed by atoms with E-state index in [-0.39, 0.29) is 24.5 Å². The molecule has 0 bridgehead atoms. The Bertz CT molecular complexity index is 1330. The van der Waals surface area contributed by atoms with Gasteiger partial charge in [-0.25, -0.2) is 4.79 Å². The highest BCUT2D eigenvalue weighted by Crippen LogP contribution is 2.31. The molecule has 194 valence electrons. The molecule has 1 heterocycles. The number of nitrogens with one attached hydrogen (secondary N) is 3. The van der Waals surface area contributed by atoms with Crippen molar-refractivity contribution in [2.24, 2.45) is 5.73 Å². The Labute approximate surface area is 215 Å². The molecule has 9 nitrogen and oxygen atoms in total. The van der Waals surface area contributed by atoms with Gasteiger partial charge in [-0.05, 0) is 53.1 Å². The van der Waals surface area contributed by atoms with Crippen LogP contribution in [0.1, 0.15) is 54.1 Å². The van der Waals surface area contributed by atoms with Gasteiger partial charge in [0.1, 0.15) is 11.6 Å². The first-order chi connectivity index (χ1) is 17.7. The fraction of sp³-hybridized carbons (Fsp3) is 0.286. The monoisotopic (exact) mass is 503 g/mol. The van der Waals surface area contributed by atoms with Crippen LogP contribution in [-0.4, -0.2) is 40.1 Å². The molecule has 0 saturated carbocycles. The van der Waals surface area contributed by atoms with Crippen molar-refractivity contribution < 1.29 is 14.7 Å². The molecule has 0 saturated heterocycles. The number of nitrogens with zero attached hydrogens (tertiary/aromatic N) is 1. The van der Waals surface area contributed by atoms with Crippen molar-refractivity contribution in [3.63, 3.8) is 0 Å². The number of nitrogens with two attached hydrogens (primary N) is 1. The van der Waals surface area contributed by atoms with Gasteiger partial charge in [0, 0.05) is 12.7 Å². The zero-order valence-electron chi connectivity index (χ0n) is 21.0. The summed E-state index contributed by atoms with van der Waals surface area (Å²) in [5, 5.41) is 21.7. The summed E-state index contributed by atoms with van der Waals surface area (Å²) in [5.41, 5.74) is 8.83. The molecule has 0 unspecified atom stereocenters. The number of hydrogen-bond donors (Lipinski definition) is 5.